The highest BCUT2D eigenvalue weighted by molar-refractivity contribution is 8.00. The molecule has 0 aliphatic rings. The van der Waals surface area contributed by atoms with E-state index in [0.29, 0.717) is 23.0 Å². The largest absolute Gasteiger partial charge is 0.481 e. The average Bonchev–Trinajstić information content (AvgIpc) is 2.37. The van der Waals surface area contributed by atoms with Crippen LogP contribution in [0.3, 0.4) is 0 Å². The molecule has 1 rings (SSSR count). The Morgan fingerprint density at radius 1 is 1.18 bits per heavy atom. The average molecular weight is 335 g/mol. The fourth-order valence-corrected chi connectivity index (χ4v) is 2.14. The van der Waals surface area contributed by atoms with Crippen LogP contribution in [0.25, 0.3) is 0 Å². The lowest BCUT2D eigenvalue weighted by atomic mass is 9.85. The number of alkyl halides is 3. The summed E-state index contributed by atoms with van der Waals surface area (Å²) in [5.74, 6) is -2.90. The number of benzene rings is 1. The number of rotatable bonds is 6. The van der Waals surface area contributed by atoms with Crippen molar-refractivity contribution in [1.82, 2.24) is 0 Å². The van der Waals surface area contributed by atoms with Crippen molar-refractivity contribution in [2.24, 2.45) is 0 Å². The smallest absolute Gasteiger partial charge is 0.397 e. The van der Waals surface area contributed by atoms with Gasteiger partial charge in [-0.1, -0.05) is 12.1 Å². The maximum Gasteiger partial charge on any atom is 0.397 e. The standard InChI is InChI=1S/C14H16F3NO3S/c1-13(2,12(20)21)9-3-5-10(6-4-9)18-11(19)7-22-8-14(15,16)17/h3-6H,7-8H2,1-2H3,(H,18,19)(H,20,21). The molecular formula is C14H16F3NO3S. The SMILES string of the molecule is CC(C)(C(=O)O)c1ccc(NC(=O)CSCC(F)(F)F)cc1. The maximum absolute atomic E-state index is 12.0. The third-order valence-electron chi connectivity index (χ3n) is 2.92. The van der Waals surface area contributed by atoms with Crippen molar-refractivity contribution in [2.45, 2.75) is 25.4 Å². The summed E-state index contributed by atoms with van der Waals surface area (Å²) in [6.45, 7) is 3.10. The highest BCUT2D eigenvalue weighted by atomic mass is 32.2. The van der Waals surface area contributed by atoms with Gasteiger partial charge >= 0.3 is 12.1 Å². The Hall–Kier alpha value is -1.70. The molecule has 0 saturated carbocycles. The van der Waals surface area contributed by atoms with Gasteiger partial charge in [0.2, 0.25) is 5.91 Å². The number of anilines is 1. The van der Waals surface area contributed by atoms with Gasteiger partial charge in [-0.15, -0.1) is 11.8 Å². The molecule has 0 aromatic heterocycles. The predicted octanol–water partition coefficient (Wildman–Crippen LogP) is 3.28. The van der Waals surface area contributed by atoms with Crippen LogP contribution in [-0.4, -0.2) is 34.7 Å². The van der Waals surface area contributed by atoms with Crippen molar-refractivity contribution < 1.29 is 27.9 Å². The first kappa shape index (κ1) is 18.3. The number of nitrogens with one attached hydrogen (secondary N) is 1. The molecule has 2 N–H and O–H groups in total. The molecule has 0 radical (unpaired) electrons. The number of aliphatic carboxylic acids is 1. The van der Waals surface area contributed by atoms with Crippen molar-refractivity contribution in [3.8, 4) is 0 Å². The van der Waals surface area contributed by atoms with Gasteiger partial charge < -0.3 is 10.4 Å². The maximum atomic E-state index is 12.0. The first-order valence-corrected chi connectivity index (χ1v) is 7.46. The molecule has 0 fully saturated rings. The second-order valence-corrected chi connectivity index (χ2v) is 6.15. The zero-order valence-electron chi connectivity index (χ0n) is 12.0. The van der Waals surface area contributed by atoms with Crippen LogP contribution in [-0.2, 0) is 15.0 Å². The van der Waals surface area contributed by atoms with E-state index < -0.39 is 29.2 Å². The molecule has 0 saturated heterocycles. The number of halogens is 3. The van der Waals surface area contributed by atoms with E-state index in [-0.39, 0.29) is 5.75 Å². The number of hydrogen-bond donors (Lipinski definition) is 2. The Morgan fingerprint density at radius 3 is 2.18 bits per heavy atom. The first-order valence-electron chi connectivity index (χ1n) is 6.30. The van der Waals surface area contributed by atoms with Crippen molar-refractivity contribution in [3.05, 3.63) is 29.8 Å². The molecule has 0 unspecified atom stereocenters. The molecular weight excluding hydrogens is 319 g/mol. The third-order valence-corrected chi connectivity index (χ3v) is 3.92. The normalized spacial score (nSPS) is 12.0. The molecule has 122 valence electrons. The van der Waals surface area contributed by atoms with E-state index in [2.05, 4.69) is 5.32 Å². The Balaban J connectivity index is 2.58. The molecule has 22 heavy (non-hydrogen) atoms. The van der Waals surface area contributed by atoms with Gasteiger partial charge in [-0.25, -0.2) is 0 Å². The van der Waals surface area contributed by atoms with Crippen molar-refractivity contribution in [3.63, 3.8) is 0 Å². The van der Waals surface area contributed by atoms with Gasteiger partial charge in [0.15, 0.2) is 0 Å². The summed E-state index contributed by atoms with van der Waals surface area (Å²) in [5.41, 5.74) is -0.0996. The zero-order chi connectivity index (χ0) is 17.0. The first-order chi connectivity index (χ1) is 10.0. The van der Waals surface area contributed by atoms with Crippen LogP contribution in [0.5, 0.6) is 0 Å². The van der Waals surface area contributed by atoms with E-state index in [1.807, 2.05) is 0 Å². The number of carboxylic acid groups (broad SMARTS) is 1. The molecule has 1 aromatic rings. The van der Waals surface area contributed by atoms with Gasteiger partial charge in [0.1, 0.15) is 0 Å². The predicted molar refractivity (Wildman–Crippen MR) is 79.1 cm³/mol. The molecule has 0 bridgehead atoms. The van der Waals surface area contributed by atoms with E-state index in [4.69, 9.17) is 5.11 Å². The molecule has 0 aliphatic heterocycles. The summed E-state index contributed by atoms with van der Waals surface area (Å²) in [4.78, 5) is 22.6. The van der Waals surface area contributed by atoms with Gasteiger partial charge in [-0.05, 0) is 31.5 Å². The van der Waals surface area contributed by atoms with Gasteiger partial charge in [0.25, 0.3) is 0 Å². The minimum Gasteiger partial charge on any atom is -0.481 e. The van der Waals surface area contributed by atoms with E-state index in [9.17, 15) is 22.8 Å². The molecule has 0 spiro atoms. The molecule has 0 heterocycles. The molecule has 1 amide bonds. The molecule has 0 aliphatic carbocycles. The highest BCUT2D eigenvalue weighted by Crippen LogP contribution is 2.25. The van der Waals surface area contributed by atoms with E-state index in [0.717, 1.165) is 0 Å². The lowest BCUT2D eigenvalue weighted by Gasteiger charge is -2.19. The lowest BCUT2D eigenvalue weighted by molar-refractivity contribution is -0.142. The number of carbonyl (C=O) groups is 2. The molecule has 8 heteroatoms. The second-order valence-electron chi connectivity index (χ2n) is 5.16. The number of carboxylic acids is 1. The van der Waals surface area contributed by atoms with E-state index in [1.54, 1.807) is 26.0 Å². The zero-order valence-corrected chi connectivity index (χ0v) is 12.8. The van der Waals surface area contributed by atoms with Crippen LogP contribution >= 0.6 is 11.8 Å². The van der Waals surface area contributed by atoms with Crippen molar-refractivity contribution >= 4 is 29.3 Å². The Morgan fingerprint density at radius 2 is 1.73 bits per heavy atom. The fraction of sp³-hybridized carbons (Fsp3) is 0.429. The summed E-state index contributed by atoms with van der Waals surface area (Å²) >= 11 is 0.484. The Kier molecular flexibility index (Phi) is 5.87. The Bertz CT molecular complexity index is 541. The monoisotopic (exact) mass is 335 g/mol. The third kappa shape index (κ3) is 5.59. The number of hydrogen-bond acceptors (Lipinski definition) is 3. The van der Waals surface area contributed by atoms with Crippen LogP contribution in [0, 0.1) is 0 Å². The summed E-state index contributed by atoms with van der Waals surface area (Å²) in [6, 6.07) is 6.16. The number of carbonyl (C=O) groups excluding carboxylic acids is 1. The Labute approximate surface area is 130 Å². The van der Waals surface area contributed by atoms with Gasteiger partial charge in [-0.3, -0.25) is 9.59 Å². The van der Waals surface area contributed by atoms with Gasteiger partial charge in [-0.2, -0.15) is 13.2 Å². The van der Waals surface area contributed by atoms with Crippen molar-refractivity contribution in [1.29, 1.82) is 0 Å². The molecule has 4 nitrogen and oxygen atoms in total. The number of thioether (sulfide) groups is 1. The van der Waals surface area contributed by atoms with Gasteiger partial charge in [0, 0.05) is 5.69 Å². The van der Waals surface area contributed by atoms with Crippen molar-refractivity contribution in [2.75, 3.05) is 16.8 Å². The van der Waals surface area contributed by atoms with E-state index >= 15 is 0 Å². The summed E-state index contributed by atoms with van der Waals surface area (Å²) < 4.78 is 35.9. The topological polar surface area (TPSA) is 66.4 Å². The van der Waals surface area contributed by atoms with Gasteiger partial charge in [0.05, 0.1) is 16.9 Å². The molecule has 1 aromatic carbocycles. The van der Waals surface area contributed by atoms with Crippen LogP contribution in [0.15, 0.2) is 24.3 Å². The summed E-state index contributed by atoms with van der Waals surface area (Å²) in [6.07, 6.45) is -4.30. The fourth-order valence-electron chi connectivity index (χ4n) is 1.55. The quantitative estimate of drug-likeness (QED) is 0.837. The van der Waals surface area contributed by atoms with Crippen LogP contribution in [0.4, 0.5) is 18.9 Å². The second kappa shape index (κ2) is 7.04. The van der Waals surface area contributed by atoms with E-state index in [1.165, 1.54) is 12.1 Å². The summed E-state index contributed by atoms with van der Waals surface area (Å²) in [7, 11) is 0. The minimum absolute atomic E-state index is 0.304. The van der Waals surface area contributed by atoms with Crippen LogP contribution in [0.2, 0.25) is 0 Å². The minimum atomic E-state index is -4.30. The highest BCUT2D eigenvalue weighted by Gasteiger charge is 2.29. The number of amides is 1. The van der Waals surface area contributed by atoms with Crippen LogP contribution < -0.4 is 5.32 Å². The molecule has 0 atom stereocenters. The lowest BCUT2D eigenvalue weighted by Crippen LogP contribution is -2.28. The summed E-state index contributed by atoms with van der Waals surface area (Å²) in [5, 5.41) is 11.6. The van der Waals surface area contributed by atoms with Crippen LogP contribution in [0.1, 0.15) is 19.4 Å².